The van der Waals surface area contributed by atoms with Gasteiger partial charge in [-0.25, -0.2) is 0 Å². The molecular formula is C11H25NO. The zero-order valence-corrected chi connectivity index (χ0v) is 9.56. The molecule has 0 aromatic carbocycles. The van der Waals surface area contributed by atoms with Gasteiger partial charge >= 0.3 is 0 Å². The fraction of sp³-hybridized carbons (Fsp3) is 1.00. The lowest BCUT2D eigenvalue weighted by molar-refractivity contribution is 0.214. The van der Waals surface area contributed by atoms with E-state index in [1.54, 1.807) is 0 Å². The van der Waals surface area contributed by atoms with Crippen LogP contribution in [0, 0.1) is 0 Å². The first-order chi connectivity index (χ1) is 6.05. The van der Waals surface area contributed by atoms with Gasteiger partial charge in [-0.1, -0.05) is 20.3 Å². The fourth-order valence-electron chi connectivity index (χ4n) is 1.63. The second-order valence-corrected chi connectivity index (χ2v) is 4.40. The van der Waals surface area contributed by atoms with Crippen molar-refractivity contribution in [2.75, 3.05) is 6.61 Å². The van der Waals surface area contributed by atoms with Crippen LogP contribution in [-0.2, 0) is 0 Å². The van der Waals surface area contributed by atoms with E-state index in [1.807, 2.05) is 0 Å². The van der Waals surface area contributed by atoms with Crippen molar-refractivity contribution in [3.05, 3.63) is 0 Å². The van der Waals surface area contributed by atoms with E-state index in [9.17, 15) is 0 Å². The maximum absolute atomic E-state index is 8.88. The maximum atomic E-state index is 8.88. The van der Waals surface area contributed by atoms with E-state index in [4.69, 9.17) is 5.11 Å². The van der Waals surface area contributed by atoms with Crippen molar-refractivity contribution in [3.63, 3.8) is 0 Å². The van der Waals surface area contributed by atoms with Crippen LogP contribution in [0.5, 0.6) is 0 Å². The standard InChI is InChI=1S/C11H25NO/c1-5-7-10(6-2)12-11(3,4)8-9-13/h10,12-13H,5-9H2,1-4H3. The minimum atomic E-state index is 0.0740. The second kappa shape index (κ2) is 6.39. The van der Waals surface area contributed by atoms with Gasteiger partial charge in [-0.2, -0.15) is 0 Å². The van der Waals surface area contributed by atoms with Crippen molar-refractivity contribution >= 4 is 0 Å². The van der Waals surface area contributed by atoms with Gasteiger partial charge in [0.05, 0.1) is 0 Å². The van der Waals surface area contributed by atoms with E-state index in [0.29, 0.717) is 6.04 Å². The van der Waals surface area contributed by atoms with Crippen LogP contribution in [0.1, 0.15) is 53.4 Å². The van der Waals surface area contributed by atoms with Crippen molar-refractivity contribution in [3.8, 4) is 0 Å². The molecule has 0 bridgehead atoms. The summed E-state index contributed by atoms with van der Waals surface area (Å²) in [6, 6.07) is 0.603. The van der Waals surface area contributed by atoms with Gasteiger partial charge in [0.2, 0.25) is 0 Å². The normalized spacial score (nSPS) is 14.5. The SMILES string of the molecule is CCCC(CC)NC(C)(C)CCO. The Kier molecular flexibility index (Phi) is 6.35. The molecule has 0 rings (SSSR count). The number of rotatable bonds is 7. The first kappa shape index (κ1) is 12.9. The summed E-state index contributed by atoms with van der Waals surface area (Å²) in [6.07, 6.45) is 4.45. The molecule has 2 nitrogen and oxygen atoms in total. The first-order valence-corrected chi connectivity index (χ1v) is 5.44. The van der Waals surface area contributed by atoms with Gasteiger partial charge in [0.25, 0.3) is 0 Å². The lowest BCUT2D eigenvalue weighted by atomic mass is 9.97. The Labute approximate surface area is 82.7 Å². The average molecular weight is 187 g/mol. The fourth-order valence-corrected chi connectivity index (χ4v) is 1.63. The Hall–Kier alpha value is -0.0800. The molecule has 0 heterocycles. The van der Waals surface area contributed by atoms with Crippen LogP contribution in [0.25, 0.3) is 0 Å². The number of aliphatic hydroxyl groups is 1. The highest BCUT2D eigenvalue weighted by atomic mass is 16.3. The molecule has 0 aliphatic carbocycles. The quantitative estimate of drug-likeness (QED) is 0.641. The molecule has 1 unspecified atom stereocenters. The van der Waals surface area contributed by atoms with E-state index < -0.39 is 0 Å². The summed E-state index contributed by atoms with van der Waals surface area (Å²) in [7, 11) is 0. The zero-order chi connectivity index (χ0) is 10.3. The third-order valence-corrected chi connectivity index (χ3v) is 2.46. The van der Waals surface area contributed by atoms with Gasteiger partial charge in [0.15, 0.2) is 0 Å². The Balaban J connectivity index is 3.89. The molecule has 80 valence electrons. The van der Waals surface area contributed by atoms with Crippen LogP contribution in [-0.4, -0.2) is 23.3 Å². The van der Waals surface area contributed by atoms with Crippen molar-refractivity contribution in [2.45, 2.75) is 65.0 Å². The third-order valence-electron chi connectivity index (χ3n) is 2.46. The lowest BCUT2D eigenvalue weighted by Gasteiger charge is -2.31. The maximum Gasteiger partial charge on any atom is 0.0448 e. The molecule has 0 spiro atoms. The Morgan fingerprint density at radius 3 is 2.31 bits per heavy atom. The molecule has 2 heteroatoms. The smallest absolute Gasteiger partial charge is 0.0448 e. The Morgan fingerprint density at radius 2 is 1.92 bits per heavy atom. The molecule has 2 N–H and O–H groups in total. The topological polar surface area (TPSA) is 32.3 Å². The summed E-state index contributed by atoms with van der Waals surface area (Å²) in [5.41, 5.74) is 0.0740. The monoisotopic (exact) mass is 187 g/mol. The van der Waals surface area contributed by atoms with Gasteiger partial charge in [-0.05, 0) is 33.1 Å². The van der Waals surface area contributed by atoms with E-state index in [2.05, 4.69) is 33.0 Å². The van der Waals surface area contributed by atoms with E-state index in [-0.39, 0.29) is 12.1 Å². The molecule has 13 heavy (non-hydrogen) atoms. The molecule has 1 atom stereocenters. The van der Waals surface area contributed by atoms with Gasteiger partial charge in [0.1, 0.15) is 0 Å². The summed E-state index contributed by atoms with van der Waals surface area (Å²) in [6.45, 7) is 9.00. The third kappa shape index (κ3) is 6.05. The van der Waals surface area contributed by atoms with E-state index in [0.717, 1.165) is 6.42 Å². The summed E-state index contributed by atoms with van der Waals surface area (Å²) >= 11 is 0. The highest BCUT2D eigenvalue weighted by Gasteiger charge is 2.19. The van der Waals surface area contributed by atoms with Crippen LogP contribution in [0.4, 0.5) is 0 Å². The molecule has 0 fully saturated rings. The van der Waals surface area contributed by atoms with Crippen LogP contribution in [0.3, 0.4) is 0 Å². The zero-order valence-electron chi connectivity index (χ0n) is 9.56. The number of aliphatic hydroxyl groups excluding tert-OH is 1. The highest BCUT2D eigenvalue weighted by molar-refractivity contribution is 4.81. The van der Waals surface area contributed by atoms with Crippen molar-refractivity contribution in [2.24, 2.45) is 0 Å². The average Bonchev–Trinajstić information content (AvgIpc) is 2.03. The Bertz CT molecular complexity index is 123. The van der Waals surface area contributed by atoms with Crippen LogP contribution >= 0.6 is 0 Å². The molecule has 0 aromatic rings. The molecule has 0 aromatic heterocycles. The van der Waals surface area contributed by atoms with E-state index >= 15 is 0 Å². The van der Waals surface area contributed by atoms with Gasteiger partial charge < -0.3 is 10.4 Å². The van der Waals surface area contributed by atoms with Crippen LogP contribution < -0.4 is 5.32 Å². The first-order valence-electron chi connectivity index (χ1n) is 5.44. The predicted octanol–water partition coefficient (Wildman–Crippen LogP) is 2.32. The molecule has 0 aliphatic heterocycles. The number of nitrogens with one attached hydrogen (secondary N) is 1. The molecule has 0 aliphatic rings. The number of hydrogen-bond donors (Lipinski definition) is 2. The van der Waals surface area contributed by atoms with Crippen molar-refractivity contribution in [1.82, 2.24) is 5.32 Å². The lowest BCUT2D eigenvalue weighted by Crippen LogP contribution is -2.46. The van der Waals surface area contributed by atoms with Crippen molar-refractivity contribution in [1.29, 1.82) is 0 Å². The summed E-state index contributed by atoms with van der Waals surface area (Å²) in [4.78, 5) is 0. The molecule has 0 saturated heterocycles. The van der Waals surface area contributed by atoms with Crippen molar-refractivity contribution < 1.29 is 5.11 Å². The van der Waals surface area contributed by atoms with E-state index in [1.165, 1.54) is 19.3 Å². The largest absolute Gasteiger partial charge is 0.396 e. The molecule has 0 amide bonds. The summed E-state index contributed by atoms with van der Waals surface area (Å²) in [5.74, 6) is 0. The number of hydrogen-bond acceptors (Lipinski definition) is 2. The second-order valence-electron chi connectivity index (χ2n) is 4.40. The minimum Gasteiger partial charge on any atom is -0.396 e. The summed E-state index contributed by atoms with van der Waals surface area (Å²) in [5, 5.41) is 12.5. The molecule has 0 saturated carbocycles. The molecule has 0 radical (unpaired) electrons. The highest BCUT2D eigenvalue weighted by Crippen LogP contribution is 2.12. The summed E-state index contributed by atoms with van der Waals surface area (Å²) < 4.78 is 0. The van der Waals surface area contributed by atoms with Gasteiger partial charge in [0, 0.05) is 18.2 Å². The molecular weight excluding hydrogens is 162 g/mol. The van der Waals surface area contributed by atoms with Gasteiger partial charge in [-0.15, -0.1) is 0 Å². The van der Waals surface area contributed by atoms with Gasteiger partial charge in [-0.3, -0.25) is 0 Å². The minimum absolute atomic E-state index is 0.0740. The van der Waals surface area contributed by atoms with Crippen LogP contribution in [0.2, 0.25) is 0 Å². The Morgan fingerprint density at radius 1 is 1.31 bits per heavy atom. The predicted molar refractivity (Wildman–Crippen MR) is 57.9 cm³/mol. The van der Waals surface area contributed by atoms with Crippen LogP contribution in [0.15, 0.2) is 0 Å².